The summed E-state index contributed by atoms with van der Waals surface area (Å²) in [6.07, 6.45) is 0. The summed E-state index contributed by atoms with van der Waals surface area (Å²) in [6, 6.07) is 14.4. The Labute approximate surface area is 154 Å². The van der Waals surface area contributed by atoms with E-state index in [-0.39, 0.29) is 30.3 Å². The molecule has 0 aliphatic carbocycles. The molecule has 3 N–H and O–H groups in total. The predicted octanol–water partition coefficient (Wildman–Crippen LogP) is 4.22. The lowest BCUT2D eigenvalue weighted by molar-refractivity contribution is -0.119. The van der Waals surface area contributed by atoms with Crippen LogP contribution < -0.4 is 20.5 Å². The van der Waals surface area contributed by atoms with Crippen LogP contribution in [0.2, 0.25) is 0 Å². The molecular formula is C19H25ClN2O3. The maximum atomic E-state index is 12.2. The lowest BCUT2D eigenvalue weighted by atomic mass is 10.0. The Morgan fingerprint density at radius 1 is 1.08 bits per heavy atom. The molecule has 2 atom stereocenters. The molecule has 2 aromatic rings. The van der Waals surface area contributed by atoms with E-state index in [2.05, 4.69) is 5.32 Å². The van der Waals surface area contributed by atoms with Crippen molar-refractivity contribution in [3.63, 3.8) is 0 Å². The van der Waals surface area contributed by atoms with Crippen molar-refractivity contribution >= 4 is 24.0 Å². The molecule has 2 rings (SSSR count). The molecule has 0 heterocycles. The molecule has 0 saturated heterocycles. The van der Waals surface area contributed by atoms with Crippen molar-refractivity contribution in [3.8, 4) is 17.2 Å². The zero-order chi connectivity index (χ0) is 17.5. The van der Waals surface area contributed by atoms with Gasteiger partial charge in [0.25, 0.3) is 0 Å². The number of hydrogen-bond donors (Lipinski definition) is 2. The fraction of sp³-hybridized carbons (Fsp3) is 0.316. The summed E-state index contributed by atoms with van der Waals surface area (Å²) in [5.74, 6) is 1.61. The van der Waals surface area contributed by atoms with Crippen LogP contribution in [0.1, 0.15) is 20.8 Å². The molecule has 0 fully saturated rings. The summed E-state index contributed by atoms with van der Waals surface area (Å²) >= 11 is 0. The standard InChI is InChI=1S/C19H24N2O3.ClH/c1-4-23-15-9-11-16(12-10-15)24-18-8-6-5-7-17(18)21-19(22)13(2)14(3)20;/h5-14H,4,20H2,1-3H3,(H,21,22);1H. The minimum absolute atomic E-state index is 0. The fourth-order valence-corrected chi connectivity index (χ4v) is 2.04. The van der Waals surface area contributed by atoms with Crippen LogP contribution in [0.3, 0.4) is 0 Å². The number of hydrogen-bond acceptors (Lipinski definition) is 4. The third-order valence-corrected chi connectivity index (χ3v) is 3.71. The van der Waals surface area contributed by atoms with Gasteiger partial charge in [-0.15, -0.1) is 12.4 Å². The van der Waals surface area contributed by atoms with Gasteiger partial charge >= 0.3 is 0 Å². The average Bonchev–Trinajstić information content (AvgIpc) is 2.57. The van der Waals surface area contributed by atoms with Crippen LogP contribution in [0.5, 0.6) is 17.2 Å². The summed E-state index contributed by atoms with van der Waals surface area (Å²) in [7, 11) is 0. The Kier molecular flexibility index (Phi) is 8.25. The number of carbonyl (C=O) groups excluding carboxylic acids is 1. The van der Waals surface area contributed by atoms with Crippen molar-refractivity contribution in [2.45, 2.75) is 26.8 Å². The number of para-hydroxylation sites is 2. The van der Waals surface area contributed by atoms with E-state index in [9.17, 15) is 4.79 Å². The number of anilines is 1. The normalized spacial score (nSPS) is 12.5. The molecule has 0 bridgehead atoms. The van der Waals surface area contributed by atoms with Crippen LogP contribution >= 0.6 is 12.4 Å². The predicted molar refractivity (Wildman–Crippen MR) is 103 cm³/mol. The Morgan fingerprint density at radius 3 is 2.28 bits per heavy atom. The molecule has 0 saturated carbocycles. The van der Waals surface area contributed by atoms with Crippen molar-refractivity contribution in [2.24, 2.45) is 11.7 Å². The van der Waals surface area contributed by atoms with Crippen molar-refractivity contribution in [2.75, 3.05) is 11.9 Å². The maximum absolute atomic E-state index is 12.2. The lowest BCUT2D eigenvalue weighted by Crippen LogP contribution is -2.34. The van der Waals surface area contributed by atoms with E-state index in [1.165, 1.54) is 0 Å². The molecule has 0 spiro atoms. The summed E-state index contributed by atoms with van der Waals surface area (Å²) in [5.41, 5.74) is 6.40. The summed E-state index contributed by atoms with van der Waals surface area (Å²) in [6.45, 7) is 6.17. The van der Waals surface area contributed by atoms with Crippen molar-refractivity contribution in [3.05, 3.63) is 48.5 Å². The molecule has 1 amide bonds. The molecule has 0 radical (unpaired) electrons. The first kappa shape index (κ1) is 20.8. The SMILES string of the molecule is CCOc1ccc(Oc2ccccc2NC(=O)C(C)C(C)N)cc1.Cl. The number of halogens is 1. The van der Waals surface area contributed by atoms with Gasteiger partial charge in [-0.05, 0) is 50.2 Å². The van der Waals surface area contributed by atoms with Gasteiger partial charge < -0.3 is 20.5 Å². The Balaban J connectivity index is 0.00000312. The van der Waals surface area contributed by atoms with Crippen LogP contribution in [-0.2, 0) is 4.79 Å². The van der Waals surface area contributed by atoms with E-state index >= 15 is 0 Å². The first-order valence-corrected chi connectivity index (χ1v) is 8.07. The summed E-state index contributed by atoms with van der Waals surface area (Å²) in [4.78, 5) is 12.2. The molecule has 25 heavy (non-hydrogen) atoms. The Bertz CT molecular complexity index is 675. The van der Waals surface area contributed by atoms with E-state index in [4.69, 9.17) is 15.2 Å². The highest BCUT2D eigenvalue weighted by molar-refractivity contribution is 5.94. The third-order valence-electron chi connectivity index (χ3n) is 3.71. The number of nitrogens with two attached hydrogens (primary N) is 1. The van der Waals surface area contributed by atoms with Crippen LogP contribution in [-0.4, -0.2) is 18.6 Å². The highest BCUT2D eigenvalue weighted by Crippen LogP contribution is 2.30. The molecule has 0 aromatic heterocycles. The molecule has 0 aliphatic heterocycles. The quantitative estimate of drug-likeness (QED) is 0.771. The number of ether oxygens (including phenoxy) is 2. The Hall–Kier alpha value is -2.24. The molecule has 6 heteroatoms. The number of amides is 1. The van der Waals surface area contributed by atoms with Gasteiger partial charge in [-0.2, -0.15) is 0 Å². The topological polar surface area (TPSA) is 73.6 Å². The molecule has 5 nitrogen and oxygen atoms in total. The second-order valence-electron chi connectivity index (χ2n) is 5.64. The summed E-state index contributed by atoms with van der Waals surface area (Å²) < 4.78 is 11.3. The van der Waals surface area contributed by atoms with Crippen molar-refractivity contribution in [1.82, 2.24) is 0 Å². The van der Waals surface area contributed by atoms with E-state index in [1.807, 2.05) is 56.3 Å². The molecular weight excluding hydrogens is 340 g/mol. The van der Waals surface area contributed by atoms with Crippen LogP contribution in [0.4, 0.5) is 5.69 Å². The highest BCUT2D eigenvalue weighted by atomic mass is 35.5. The van der Waals surface area contributed by atoms with Gasteiger partial charge in [0.1, 0.15) is 11.5 Å². The number of benzene rings is 2. The van der Waals surface area contributed by atoms with Gasteiger partial charge in [0, 0.05) is 6.04 Å². The number of rotatable bonds is 7. The highest BCUT2D eigenvalue weighted by Gasteiger charge is 2.18. The monoisotopic (exact) mass is 364 g/mol. The Morgan fingerprint density at radius 2 is 1.68 bits per heavy atom. The fourth-order valence-electron chi connectivity index (χ4n) is 2.04. The zero-order valence-corrected chi connectivity index (χ0v) is 15.5. The smallest absolute Gasteiger partial charge is 0.228 e. The first-order chi connectivity index (χ1) is 11.5. The molecule has 2 unspecified atom stereocenters. The second-order valence-corrected chi connectivity index (χ2v) is 5.64. The number of carbonyl (C=O) groups is 1. The van der Waals surface area contributed by atoms with Crippen LogP contribution in [0.25, 0.3) is 0 Å². The van der Waals surface area contributed by atoms with Gasteiger partial charge in [-0.1, -0.05) is 19.1 Å². The minimum Gasteiger partial charge on any atom is -0.494 e. The maximum Gasteiger partial charge on any atom is 0.228 e. The molecule has 2 aromatic carbocycles. The van der Waals surface area contributed by atoms with E-state index in [1.54, 1.807) is 13.0 Å². The van der Waals surface area contributed by atoms with E-state index in [0.717, 1.165) is 5.75 Å². The lowest BCUT2D eigenvalue weighted by Gasteiger charge is -2.17. The van der Waals surface area contributed by atoms with E-state index < -0.39 is 0 Å². The van der Waals surface area contributed by atoms with Crippen molar-refractivity contribution in [1.29, 1.82) is 0 Å². The molecule has 136 valence electrons. The van der Waals surface area contributed by atoms with Gasteiger partial charge in [0.2, 0.25) is 5.91 Å². The van der Waals surface area contributed by atoms with Crippen LogP contribution in [0.15, 0.2) is 48.5 Å². The average molecular weight is 365 g/mol. The number of nitrogens with one attached hydrogen (secondary N) is 1. The summed E-state index contributed by atoms with van der Waals surface area (Å²) in [5, 5.41) is 2.87. The van der Waals surface area contributed by atoms with Gasteiger partial charge in [-0.3, -0.25) is 4.79 Å². The van der Waals surface area contributed by atoms with E-state index in [0.29, 0.717) is 23.8 Å². The minimum atomic E-state index is -0.288. The van der Waals surface area contributed by atoms with Gasteiger partial charge in [-0.25, -0.2) is 0 Å². The van der Waals surface area contributed by atoms with Gasteiger partial charge in [0.15, 0.2) is 5.75 Å². The molecule has 0 aliphatic rings. The zero-order valence-electron chi connectivity index (χ0n) is 14.7. The van der Waals surface area contributed by atoms with Crippen LogP contribution in [0, 0.1) is 5.92 Å². The van der Waals surface area contributed by atoms with Gasteiger partial charge in [0.05, 0.1) is 18.2 Å². The second kappa shape index (κ2) is 9.91. The largest absolute Gasteiger partial charge is 0.494 e. The third kappa shape index (κ3) is 5.96. The van der Waals surface area contributed by atoms with Crippen molar-refractivity contribution < 1.29 is 14.3 Å². The first-order valence-electron chi connectivity index (χ1n) is 8.07.